The summed E-state index contributed by atoms with van der Waals surface area (Å²) in [6, 6.07) is 6.99. The summed E-state index contributed by atoms with van der Waals surface area (Å²) >= 11 is 1.26. The summed E-state index contributed by atoms with van der Waals surface area (Å²) in [6.07, 6.45) is 1.40. The largest absolute Gasteiger partial charge is 0.481 e. The molecule has 0 bridgehead atoms. The first kappa shape index (κ1) is 16.4. The lowest BCUT2D eigenvalue weighted by atomic mass is 10.1. The number of nitrogens with zero attached hydrogens (tertiary/aromatic N) is 1. The number of aliphatic carboxylic acids is 1. The van der Waals surface area contributed by atoms with Crippen LogP contribution in [0.5, 0.6) is 0 Å². The van der Waals surface area contributed by atoms with Crippen LogP contribution in [0, 0.1) is 0 Å². The topological polar surface area (TPSA) is 86.7 Å². The zero-order chi connectivity index (χ0) is 15.9. The number of nitrogens with one attached hydrogen (secondary N) is 1. The molecular formula is C15H18N2O4S. The van der Waals surface area contributed by atoms with Crippen LogP contribution in [-0.2, 0) is 9.59 Å². The molecule has 1 aliphatic heterocycles. The zero-order valence-corrected chi connectivity index (χ0v) is 12.9. The summed E-state index contributed by atoms with van der Waals surface area (Å²) in [7, 11) is 0. The van der Waals surface area contributed by atoms with E-state index in [0.717, 1.165) is 12.1 Å². The highest BCUT2D eigenvalue weighted by Crippen LogP contribution is 2.22. The molecule has 1 aromatic carbocycles. The summed E-state index contributed by atoms with van der Waals surface area (Å²) in [5.41, 5.74) is 1.25. The Bertz CT molecular complexity index is 576. The number of carboxylic acid groups (broad SMARTS) is 1. The standard InChI is InChI=1S/C15H18N2O4S/c18-13-5-2-7-17(13)12-4-1-3-11(9-12)15(21)16-6-8-22-10-14(19)20/h1,3-4,9H,2,5-8,10H2,(H,16,21)(H,19,20). The van der Waals surface area contributed by atoms with Gasteiger partial charge in [-0.3, -0.25) is 14.4 Å². The van der Waals surface area contributed by atoms with Crippen molar-refractivity contribution in [1.82, 2.24) is 5.32 Å². The molecule has 0 unspecified atom stereocenters. The maximum atomic E-state index is 12.1. The average Bonchev–Trinajstić information content (AvgIpc) is 2.92. The number of carbonyl (C=O) groups is 3. The van der Waals surface area contributed by atoms with Crippen LogP contribution in [0.15, 0.2) is 24.3 Å². The zero-order valence-electron chi connectivity index (χ0n) is 12.1. The van der Waals surface area contributed by atoms with Crippen LogP contribution in [0.1, 0.15) is 23.2 Å². The molecule has 0 aliphatic carbocycles. The maximum absolute atomic E-state index is 12.1. The van der Waals surface area contributed by atoms with Crippen molar-refractivity contribution in [1.29, 1.82) is 0 Å². The lowest BCUT2D eigenvalue weighted by molar-refractivity contribution is -0.133. The number of hydrogen-bond acceptors (Lipinski definition) is 4. The van der Waals surface area contributed by atoms with Crippen LogP contribution in [0.25, 0.3) is 0 Å². The molecule has 1 heterocycles. The van der Waals surface area contributed by atoms with Gasteiger partial charge in [0.2, 0.25) is 5.91 Å². The van der Waals surface area contributed by atoms with Gasteiger partial charge in [-0.1, -0.05) is 6.07 Å². The molecule has 0 atom stereocenters. The highest BCUT2D eigenvalue weighted by molar-refractivity contribution is 7.99. The summed E-state index contributed by atoms with van der Waals surface area (Å²) in [4.78, 5) is 35.8. The van der Waals surface area contributed by atoms with E-state index < -0.39 is 5.97 Å². The highest BCUT2D eigenvalue weighted by atomic mass is 32.2. The van der Waals surface area contributed by atoms with Crippen molar-refractivity contribution in [2.24, 2.45) is 0 Å². The van der Waals surface area contributed by atoms with Crippen LogP contribution in [0.4, 0.5) is 5.69 Å². The van der Waals surface area contributed by atoms with Crippen LogP contribution in [0.2, 0.25) is 0 Å². The number of amides is 2. The molecule has 1 aliphatic rings. The lowest BCUT2D eigenvalue weighted by Crippen LogP contribution is -2.27. The minimum atomic E-state index is -0.862. The second-order valence-electron chi connectivity index (χ2n) is 4.90. The Morgan fingerprint density at radius 1 is 1.36 bits per heavy atom. The van der Waals surface area contributed by atoms with Crippen LogP contribution in [-0.4, -0.2) is 47.5 Å². The molecular weight excluding hydrogens is 304 g/mol. The van der Waals surface area contributed by atoms with E-state index in [9.17, 15) is 14.4 Å². The van der Waals surface area contributed by atoms with E-state index in [-0.39, 0.29) is 17.6 Å². The predicted molar refractivity (Wildman–Crippen MR) is 85.3 cm³/mol. The first-order valence-electron chi connectivity index (χ1n) is 7.06. The first-order chi connectivity index (χ1) is 10.6. The van der Waals surface area contributed by atoms with Gasteiger partial charge in [0.1, 0.15) is 0 Å². The molecule has 0 radical (unpaired) electrons. The molecule has 0 saturated carbocycles. The van der Waals surface area contributed by atoms with Crippen molar-refractivity contribution in [3.05, 3.63) is 29.8 Å². The Labute approximate surface area is 132 Å². The van der Waals surface area contributed by atoms with Gasteiger partial charge in [-0.2, -0.15) is 0 Å². The van der Waals surface area contributed by atoms with Crippen LogP contribution >= 0.6 is 11.8 Å². The Balaban J connectivity index is 1.87. The fourth-order valence-electron chi connectivity index (χ4n) is 2.23. The molecule has 2 rings (SSSR count). The van der Waals surface area contributed by atoms with E-state index in [1.54, 1.807) is 23.1 Å². The van der Waals surface area contributed by atoms with Gasteiger partial charge in [0.25, 0.3) is 5.91 Å². The first-order valence-corrected chi connectivity index (χ1v) is 8.21. The molecule has 22 heavy (non-hydrogen) atoms. The normalized spacial score (nSPS) is 14.2. The third-order valence-corrected chi connectivity index (χ3v) is 4.19. The molecule has 7 heteroatoms. The van der Waals surface area contributed by atoms with Gasteiger partial charge in [-0.05, 0) is 24.6 Å². The molecule has 1 fully saturated rings. The third kappa shape index (κ3) is 4.49. The third-order valence-electron chi connectivity index (χ3n) is 3.25. The highest BCUT2D eigenvalue weighted by Gasteiger charge is 2.22. The molecule has 1 aromatic rings. The van der Waals surface area contributed by atoms with Crippen molar-refractivity contribution >= 4 is 35.2 Å². The number of carbonyl (C=O) groups excluding carboxylic acids is 2. The van der Waals surface area contributed by atoms with Gasteiger partial charge >= 0.3 is 5.97 Å². The summed E-state index contributed by atoms with van der Waals surface area (Å²) in [6.45, 7) is 1.10. The van der Waals surface area contributed by atoms with Crippen LogP contribution < -0.4 is 10.2 Å². The van der Waals surface area contributed by atoms with Gasteiger partial charge in [0, 0.05) is 36.5 Å². The number of thioether (sulfide) groups is 1. The Morgan fingerprint density at radius 2 is 2.18 bits per heavy atom. The van der Waals surface area contributed by atoms with E-state index >= 15 is 0 Å². The number of carboxylic acids is 1. The molecule has 1 saturated heterocycles. The van der Waals surface area contributed by atoms with Crippen molar-refractivity contribution in [3.8, 4) is 0 Å². The van der Waals surface area contributed by atoms with E-state index in [0.29, 0.717) is 30.8 Å². The molecule has 0 spiro atoms. The van der Waals surface area contributed by atoms with Crippen molar-refractivity contribution < 1.29 is 19.5 Å². The second-order valence-corrected chi connectivity index (χ2v) is 6.01. The van der Waals surface area contributed by atoms with Gasteiger partial charge in [0.05, 0.1) is 5.75 Å². The molecule has 2 amide bonds. The predicted octanol–water partition coefficient (Wildman–Crippen LogP) is 1.36. The Hall–Kier alpha value is -2.02. The van der Waals surface area contributed by atoms with Crippen molar-refractivity contribution in [2.75, 3.05) is 29.5 Å². The monoisotopic (exact) mass is 322 g/mol. The quantitative estimate of drug-likeness (QED) is 0.740. The molecule has 6 nitrogen and oxygen atoms in total. The fourth-order valence-corrected chi connectivity index (χ4v) is 2.80. The SMILES string of the molecule is O=C(O)CSCCNC(=O)c1cccc(N2CCCC2=O)c1. The molecule has 0 aromatic heterocycles. The average molecular weight is 322 g/mol. The van der Waals surface area contributed by atoms with E-state index in [2.05, 4.69) is 5.32 Å². The second kappa shape index (κ2) is 7.84. The molecule has 2 N–H and O–H groups in total. The van der Waals surface area contributed by atoms with Gasteiger partial charge in [-0.25, -0.2) is 0 Å². The van der Waals surface area contributed by atoms with Gasteiger partial charge < -0.3 is 15.3 Å². The molecule has 118 valence electrons. The van der Waals surface area contributed by atoms with Gasteiger partial charge in [0.15, 0.2) is 0 Å². The maximum Gasteiger partial charge on any atom is 0.313 e. The number of hydrogen-bond donors (Lipinski definition) is 2. The number of rotatable bonds is 7. The minimum Gasteiger partial charge on any atom is -0.481 e. The smallest absolute Gasteiger partial charge is 0.313 e. The van der Waals surface area contributed by atoms with Crippen molar-refractivity contribution in [3.63, 3.8) is 0 Å². The number of anilines is 1. The summed E-state index contributed by atoms with van der Waals surface area (Å²) in [5, 5.41) is 11.3. The number of benzene rings is 1. The Kier molecular flexibility index (Phi) is 5.83. The minimum absolute atomic E-state index is 0.0302. The van der Waals surface area contributed by atoms with E-state index in [1.807, 2.05) is 6.07 Å². The lowest BCUT2D eigenvalue weighted by Gasteiger charge is -2.16. The van der Waals surface area contributed by atoms with E-state index in [1.165, 1.54) is 11.8 Å². The Morgan fingerprint density at radius 3 is 2.86 bits per heavy atom. The fraction of sp³-hybridized carbons (Fsp3) is 0.400. The van der Waals surface area contributed by atoms with Crippen molar-refractivity contribution in [2.45, 2.75) is 12.8 Å². The van der Waals surface area contributed by atoms with Crippen LogP contribution in [0.3, 0.4) is 0 Å². The summed E-state index contributed by atoms with van der Waals surface area (Å²) in [5.74, 6) is -0.420. The van der Waals surface area contributed by atoms with E-state index in [4.69, 9.17) is 5.11 Å². The summed E-state index contributed by atoms with van der Waals surface area (Å²) < 4.78 is 0. The van der Waals surface area contributed by atoms with Gasteiger partial charge in [-0.15, -0.1) is 11.8 Å².